The zero-order valence-electron chi connectivity index (χ0n) is 36.8. The number of aryl methyl sites for hydroxylation is 4. The molecule has 0 spiro atoms. The molecule has 58 heavy (non-hydrogen) atoms. The fourth-order valence-electron chi connectivity index (χ4n) is 6.44. The van der Waals surface area contributed by atoms with Crippen LogP contribution in [0, 0.1) is 0 Å². The minimum Gasteiger partial charge on any atom is -0.466 e. The standard InChI is InChI=1S/C47H79N3O4S4/c1-5-16-42-18-22-44(23-19-42)28-40-57-55-38-13-9-7-11-36-53-46(51)26-33-50(32-15-31-49(4)35-30-48-3)34-27-47(52)54-37-12-8-10-14-39-56-58-41-29-45-24-20-43(17-6-2)21-25-45/h18-25,48H,5-17,26-41H2,1-4H3. The van der Waals surface area contributed by atoms with Crippen molar-refractivity contribution in [1.29, 1.82) is 0 Å². The highest BCUT2D eigenvalue weighted by molar-refractivity contribution is 8.77. The molecule has 0 fully saturated rings. The minimum absolute atomic E-state index is 0.143. The largest absolute Gasteiger partial charge is 0.466 e. The Morgan fingerprint density at radius 3 is 1.36 bits per heavy atom. The first-order chi connectivity index (χ1) is 28.4. The van der Waals surface area contributed by atoms with E-state index in [2.05, 4.69) is 84.5 Å². The van der Waals surface area contributed by atoms with E-state index in [1.807, 2.05) is 50.2 Å². The second kappa shape index (κ2) is 37.4. The van der Waals surface area contributed by atoms with Crippen molar-refractivity contribution in [3.05, 3.63) is 70.8 Å². The quantitative estimate of drug-likeness (QED) is 0.0397. The lowest BCUT2D eigenvalue weighted by atomic mass is 10.1. The molecular formula is C47H79N3O4S4. The molecule has 330 valence electrons. The van der Waals surface area contributed by atoms with Crippen LogP contribution in [-0.4, -0.2) is 111 Å². The average Bonchev–Trinajstić information content (AvgIpc) is 3.23. The van der Waals surface area contributed by atoms with Gasteiger partial charge in [0, 0.05) is 49.2 Å². The molecule has 0 radical (unpaired) electrons. The predicted octanol–water partition coefficient (Wildman–Crippen LogP) is 11.0. The summed E-state index contributed by atoms with van der Waals surface area (Å²) in [5.41, 5.74) is 5.74. The van der Waals surface area contributed by atoms with Crippen molar-refractivity contribution in [3.8, 4) is 0 Å². The van der Waals surface area contributed by atoms with E-state index in [9.17, 15) is 9.59 Å². The Balaban J connectivity index is 1.49. The lowest BCUT2D eigenvalue weighted by molar-refractivity contribution is -0.144. The highest BCUT2D eigenvalue weighted by atomic mass is 33.1. The van der Waals surface area contributed by atoms with Crippen LogP contribution in [0.25, 0.3) is 0 Å². The highest BCUT2D eigenvalue weighted by Gasteiger charge is 2.13. The van der Waals surface area contributed by atoms with Crippen molar-refractivity contribution in [2.75, 3.05) is 89.6 Å². The van der Waals surface area contributed by atoms with Crippen molar-refractivity contribution in [2.24, 2.45) is 0 Å². The third-order valence-electron chi connectivity index (χ3n) is 10.0. The molecule has 0 bridgehead atoms. The molecule has 0 aromatic heterocycles. The normalized spacial score (nSPS) is 11.5. The number of hydrogen-bond acceptors (Lipinski definition) is 11. The van der Waals surface area contributed by atoms with Gasteiger partial charge in [0.2, 0.25) is 0 Å². The summed E-state index contributed by atoms with van der Waals surface area (Å²) >= 11 is 0. The van der Waals surface area contributed by atoms with E-state index in [1.54, 1.807) is 0 Å². The first-order valence-corrected chi connectivity index (χ1v) is 27.4. The predicted molar refractivity (Wildman–Crippen MR) is 259 cm³/mol. The molecule has 0 aliphatic heterocycles. The molecule has 1 N–H and O–H groups in total. The van der Waals surface area contributed by atoms with Crippen LogP contribution >= 0.6 is 43.2 Å². The van der Waals surface area contributed by atoms with Crippen LogP contribution in [0.5, 0.6) is 0 Å². The van der Waals surface area contributed by atoms with Crippen molar-refractivity contribution in [3.63, 3.8) is 0 Å². The molecule has 2 aromatic carbocycles. The number of carbonyl (C=O) groups excluding carboxylic acids is 2. The van der Waals surface area contributed by atoms with Gasteiger partial charge in [-0.1, -0.05) is 144 Å². The van der Waals surface area contributed by atoms with Crippen LogP contribution < -0.4 is 5.32 Å². The summed E-state index contributed by atoms with van der Waals surface area (Å²) in [5.74, 6) is 4.36. The Kier molecular flexibility index (Phi) is 34.1. The molecule has 0 unspecified atom stereocenters. The van der Waals surface area contributed by atoms with Gasteiger partial charge in [-0.15, -0.1) is 0 Å². The maximum Gasteiger partial charge on any atom is 0.307 e. The van der Waals surface area contributed by atoms with Gasteiger partial charge in [-0.05, 0) is 107 Å². The van der Waals surface area contributed by atoms with Crippen molar-refractivity contribution in [2.45, 2.75) is 123 Å². The first kappa shape index (κ1) is 52.8. The number of nitrogens with zero attached hydrogens (tertiary/aromatic N) is 2. The number of ether oxygens (including phenoxy) is 2. The number of rotatable bonds is 39. The fourth-order valence-corrected chi connectivity index (χ4v) is 10.8. The fraction of sp³-hybridized carbons (Fsp3) is 0.702. The molecule has 0 aliphatic rings. The van der Waals surface area contributed by atoms with Gasteiger partial charge in [0.05, 0.1) is 26.1 Å². The van der Waals surface area contributed by atoms with Crippen molar-refractivity contribution < 1.29 is 19.1 Å². The molecule has 2 aromatic rings. The van der Waals surface area contributed by atoms with Crippen LogP contribution in [0.1, 0.15) is 120 Å². The lowest BCUT2D eigenvalue weighted by Gasteiger charge is -2.23. The molecule has 7 nitrogen and oxygen atoms in total. The van der Waals surface area contributed by atoms with Crippen LogP contribution in [0.15, 0.2) is 48.5 Å². The van der Waals surface area contributed by atoms with Gasteiger partial charge in [0.15, 0.2) is 0 Å². The van der Waals surface area contributed by atoms with Crippen LogP contribution in [0.2, 0.25) is 0 Å². The number of carbonyl (C=O) groups is 2. The van der Waals surface area contributed by atoms with E-state index in [0.717, 1.165) is 82.6 Å². The number of esters is 2. The molecule has 0 saturated heterocycles. The maximum absolute atomic E-state index is 12.6. The zero-order valence-corrected chi connectivity index (χ0v) is 40.1. The van der Waals surface area contributed by atoms with E-state index >= 15 is 0 Å². The third-order valence-corrected chi connectivity index (χ3v) is 15.0. The smallest absolute Gasteiger partial charge is 0.307 e. The first-order valence-electron chi connectivity index (χ1n) is 22.4. The Hall–Kier alpha value is -1.34. The van der Waals surface area contributed by atoms with Gasteiger partial charge in [-0.25, -0.2) is 0 Å². The number of unbranched alkanes of at least 4 members (excludes halogenated alkanes) is 6. The Labute approximate surface area is 370 Å². The summed E-state index contributed by atoms with van der Waals surface area (Å²) < 4.78 is 11.2. The molecule has 0 aliphatic carbocycles. The Morgan fingerprint density at radius 1 is 0.517 bits per heavy atom. The monoisotopic (exact) mass is 877 g/mol. The average molecular weight is 878 g/mol. The maximum atomic E-state index is 12.6. The zero-order chi connectivity index (χ0) is 41.7. The van der Waals surface area contributed by atoms with Crippen LogP contribution in [0.3, 0.4) is 0 Å². The molecule has 0 amide bonds. The van der Waals surface area contributed by atoms with E-state index < -0.39 is 0 Å². The topological polar surface area (TPSA) is 71.1 Å². The number of likely N-dealkylation sites (N-methyl/N-ethyl adjacent to an activating group) is 2. The Morgan fingerprint density at radius 2 is 0.931 bits per heavy atom. The van der Waals surface area contributed by atoms with E-state index in [-0.39, 0.29) is 11.9 Å². The minimum atomic E-state index is -0.143. The Bertz CT molecular complexity index is 1180. The summed E-state index contributed by atoms with van der Waals surface area (Å²) in [6, 6.07) is 18.2. The second-order valence-electron chi connectivity index (χ2n) is 15.3. The molecule has 0 atom stereocenters. The van der Waals surface area contributed by atoms with Crippen molar-refractivity contribution >= 4 is 55.1 Å². The van der Waals surface area contributed by atoms with E-state index in [0.29, 0.717) is 39.1 Å². The summed E-state index contributed by atoms with van der Waals surface area (Å²) in [6.45, 7) is 10.4. The van der Waals surface area contributed by atoms with Gasteiger partial charge in [-0.2, -0.15) is 0 Å². The lowest BCUT2D eigenvalue weighted by Crippen LogP contribution is -2.34. The van der Waals surface area contributed by atoms with E-state index in [1.165, 1.54) is 85.1 Å². The van der Waals surface area contributed by atoms with Gasteiger partial charge >= 0.3 is 11.9 Å². The second-order valence-corrected chi connectivity index (χ2v) is 20.7. The molecule has 0 heterocycles. The van der Waals surface area contributed by atoms with Gasteiger partial charge in [-0.3, -0.25) is 9.59 Å². The summed E-state index contributed by atoms with van der Waals surface area (Å²) in [7, 11) is 12.0. The number of nitrogens with one attached hydrogen (secondary N) is 1. The van der Waals surface area contributed by atoms with Gasteiger partial charge in [0.25, 0.3) is 0 Å². The molecule has 0 saturated carbocycles. The number of benzene rings is 2. The molecular weight excluding hydrogens is 799 g/mol. The summed E-state index contributed by atoms with van der Waals surface area (Å²) in [5, 5.41) is 3.20. The van der Waals surface area contributed by atoms with Gasteiger partial charge < -0.3 is 24.6 Å². The van der Waals surface area contributed by atoms with Crippen molar-refractivity contribution in [1.82, 2.24) is 15.1 Å². The van der Waals surface area contributed by atoms with E-state index in [4.69, 9.17) is 9.47 Å². The number of hydrogen-bond donors (Lipinski definition) is 1. The molecule has 11 heteroatoms. The highest BCUT2D eigenvalue weighted by Crippen LogP contribution is 2.25. The molecule has 2 rings (SSSR count). The van der Waals surface area contributed by atoms with Crippen LogP contribution in [-0.2, 0) is 44.7 Å². The summed E-state index contributed by atoms with van der Waals surface area (Å²) in [4.78, 5) is 29.7. The summed E-state index contributed by atoms with van der Waals surface area (Å²) in [6.07, 6.45) is 17.4. The SMILES string of the molecule is CCCc1ccc(CCSSCCCCCCOC(=O)CCN(CCCN(C)CCNC)CCC(=O)OCCCCCCSSCCc2ccc(CCC)cc2)cc1. The van der Waals surface area contributed by atoms with Crippen LogP contribution in [0.4, 0.5) is 0 Å². The van der Waals surface area contributed by atoms with Gasteiger partial charge in [0.1, 0.15) is 0 Å². The third kappa shape index (κ3) is 29.8.